The minimum absolute atomic E-state index is 0. The van der Waals surface area contributed by atoms with E-state index in [2.05, 4.69) is 10.3 Å². The highest BCUT2D eigenvalue weighted by molar-refractivity contribution is 6.30. The van der Waals surface area contributed by atoms with Crippen molar-refractivity contribution in [3.05, 3.63) is 52.8 Å². The molecule has 2 rings (SSSR count). The van der Waals surface area contributed by atoms with Crippen molar-refractivity contribution in [2.45, 2.75) is 20.0 Å². The molecule has 0 unspecified atom stereocenters. The van der Waals surface area contributed by atoms with Crippen LogP contribution in [0.3, 0.4) is 0 Å². The van der Waals surface area contributed by atoms with Crippen LogP contribution in [-0.2, 0) is 13.1 Å². The number of nitrogens with one attached hydrogen (secondary N) is 1. The van der Waals surface area contributed by atoms with Crippen molar-refractivity contribution in [1.29, 1.82) is 0 Å². The van der Waals surface area contributed by atoms with Gasteiger partial charge in [-0.3, -0.25) is 4.98 Å². The lowest BCUT2D eigenvalue weighted by atomic mass is 10.1. The highest BCUT2D eigenvalue weighted by Gasteiger charge is 2.12. The predicted molar refractivity (Wildman–Crippen MR) is 98.4 cm³/mol. The van der Waals surface area contributed by atoms with Crippen molar-refractivity contribution < 1.29 is 9.47 Å². The minimum Gasteiger partial charge on any atom is -0.493 e. The van der Waals surface area contributed by atoms with Crippen molar-refractivity contribution in [3.63, 3.8) is 0 Å². The summed E-state index contributed by atoms with van der Waals surface area (Å²) < 4.78 is 11.0. The van der Waals surface area contributed by atoms with Gasteiger partial charge in [-0.2, -0.15) is 0 Å². The maximum Gasteiger partial charge on any atom is 0.165 e. The summed E-state index contributed by atoms with van der Waals surface area (Å²) in [6.07, 6.45) is 3.60. The molecule has 1 heterocycles. The van der Waals surface area contributed by atoms with E-state index in [1.165, 1.54) is 0 Å². The number of aromatic nitrogens is 1. The molecule has 0 bridgehead atoms. The van der Waals surface area contributed by atoms with Crippen LogP contribution in [0.15, 0.2) is 36.7 Å². The lowest BCUT2D eigenvalue weighted by Crippen LogP contribution is -2.14. The Morgan fingerprint density at radius 2 is 2.00 bits per heavy atom. The second-order valence-electron chi connectivity index (χ2n) is 4.49. The molecule has 7 heteroatoms. The summed E-state index contributed by atoms with van der Waals surface area (Å²) in [4.78, 5) is 4.09. The zero-order valence-electron chi connectivity index (χ0n) is 13.0. The fourth-order valence-corrected chi connectivity index (χ4v) is 2.29. The van der Waals surface area contributed by atoms with Gasteiger partial charge in [-0.1, -0.05) is 17.7 Å². The van der Waals surface area contributed by atoms with Crippen LogP contribution in [0.1, 0.15) is 18.1 Å². The summed E-state index contributed by atoms with van der Waals surface area (Å²) >= 11 is 6.12. The predicted octanol–water partition coefficient (Wildman–Crippen LogP) is 4.28. The summed E-state index contributed by atoms with van der Waals surface area (Å²) in [6.45, 7) is 3.89. The highest BCUT2D eigenvalue weighted by Crippen LogP contribution is 2.34. The Morgan fingerprint density at radius 1 is 1.22 bits per heavy atom. The van der Waals surface area contributed by atoms with Crippen molar-refractivity contribution in [2.75, 3.05) is 13.7 Å². The van der Waals surface area contributed by atoms with Crippen molar-refractivity contribution in [3.8, 4) is 11.5 Å². The molecular formula is C16H21Cl3N2O2. The maximum atomic E-state index is 6.12. The van der Waals surface area contributed by atoms with Gasteiger partial charge in [0, 0.05) is 42.1 Å². The molecule has 0 amide bonds. The Kier molecular flexibility index (Phi) is 10.8. The molecule has 0 saturated carbocycles. The van der Waals surface area contributed by atoms with Crippen molar-refractivity contribution in [1.82, 2.24) is 10.3 Å². The Bertz CT molecular complexity index is 583. The Hall–Kier alpha value is -1.20. The third-order valence-corrected chi connectivity index (χ3v) is 3.19. The van der Waals surface area contributed by atoms with Crippen molar-refractivity contribution >= 4 is 36.4 Å². The van der Waals surface area contributed by atoms with Gasteiger partial charge in [-0.25, -0.2) is 0 Å². The summed E-state index contributed by atoms with van der Waals surface area (Å²) in [6, 6.07) is 7.61. The smallest absolute Gasteiger partial charge is 0.165 e. The highest BCUT2D eigenvalue weighted by atomic mass is 35.5. The zero-order valence-corrected chi connectivity index (χ0v) is 15.4. The molecule has 0 radical (unpaired) electrons. The lowest BCUT2D eigenvalue weighted by molar-refractivity contribution is 0.307. The molecule has 0 spiro atoms. The molecule has 1 N–H and O–H groups in total. The van der Waals surface area contributed by atoms with Gasteiger partial charge in [0.15, 0.2) is 11.5 Å². The quantitative estimate of drug-likeness (QED) is 0.780. The van der Waals surface area contributed by atoms with Crippen LogP contribution in [0.2, 0.25) is 5.02 Å². The first-order valence-corrected chi connectivity index (χ1v) is 7.21. The second kappa shape index (κ2) is 11.4. The van der Waals surface area contributed by atoms with E-state index < -0.39 is 0 Å². The monoisotopic (exact) mass is 378 g/mol. The van der Waals surface area contributed by atoms with E-state index >= 15 is 0 Å². The molecule has 0 fully saturated rings. The van der Waals surface area contributed by atoms with Gasteiger partial charge in [-0.05, 0) is 24.6 Å². The van der Waals surface area contributed by atoms with Crippen LogP contribution in [-0.4, -0.2) is 18.7 Å². The third-order valence-electron chi connectivity index (χ3n) is 2.97. The molecule has 23 heavy (non-hydrogen) atoms. The number of hydrogen-bond donors (Lipinski definition) is 1. The van der Waals surface area contributed by atoms with Gasteiger partial charge in [0.05, 0.1) is 13.7 Å². The molecule has 1 aromatic heterocycles. The van der Waals surface area contributed by atoms with Crippen LogP contribution in [0.4, 0.5) is 0 Å². The van der Waals surface area contributed by atoms with Gasteiger partial charge in [0.1, 0.15) is 0 Å². The van der Waals surface area contributed by atoms with Crippen LogP contribution in [0.25, 0.3) is 0 Å². The topological polar surface area (TPSA) is 43.4 Å². The molecule has 0 saturated heterocycles. The minimum atomic E-state index is 0. The third kappa shape index (κ3) is 6.43. The average molecular weight is 380 g/mol. The fraction of sp³-hybridized carbons (Fsp3) is 0.312. The van der Waals surface area contributed by atoms with E-state index in [4.69, 9.17) is 21.1 Å². The number of hydrogen-bond acceptors (Lipinski definition) is 4. The van der Waals surface area contributed by atoms with Gasteiger partial charge >= 0.3 is 0 Å². The summed E-state index contributed by atoms with van der Waals surface area (Å²) in [5.41, 5.74) is 2.11. The van der Waals surface area contributed by atoms with E-state index in [0.717, 1.165) is 23.4 Å². The van der Waals surface area contributed by atoms with E-state index in [0.29, 0.717) is 23.9 Å². The maximum absolute atomic E-state index is 6.12. The van der Waals surface area contributed by atoms with E-state index in [1.807, 2.05) is 31.3 Å². The molecule has 2 aromatic rings. The van der Waals surface area contributed by atoms with Gasteiger partial charge < -0.3 is 14.8 Å². The SMILES string of the molecule is CCOc1c(CNCc2cccnc2)cc(Cl)cc1OC.Cl.Cl. The molecule has 4 nitrogen and oxygen atoms in total. The molecular weight excluding hydrogens is 359 g/mol. The molecule has 0 aliphatic rings. The number of ether oxygens (including phenoxy) is 2. The zero-order chi connectivity index (χ0) is 15.1. The molecule has 0 aliphatic carbocycles. The van der Waals surface area contributed by atoms with Gasteiger partial charge in [-0.15, -0.1) is 24.8 Å². The first-order valence-electron chi connectivity index (χ1n) is 6.83. The van der Waals surface area contributed by atoms with E-state index in [1.54, 1.807) is 19.4 Å². The Morgan fingerprint density at radius 3 is 2.61 bits per heavy atom. The molecule has 0 aliphatic heterocycles. The number of benzene rings is 1. The summed E-state index contributed by atoms with van der Waals surface area (Å²) in [5, 5.41) is 3.99. The first-order chi connectivity index (χ1) is 10.2. The summed E-state index contributed by atoms with van der Waals surface area (Å²) in [5.74, 6) is 1.39. The Labute approximate surface area is 154 Å². The largest absolute Gasteiger partial charge is 0.493 e. The summed E-state index contributed by atoms with van der Waals surface area (Å²) in [7, 11) is 1.61. The number of nitrogens with zero attached hydrogens (tertiary/aromatic N) is 1. The average Bonchev–Trinajstić information content (AvgIpc) is 2.50. The molecule has 1 aromatic carbocycles. The van der Waals surface area contributed by atoms with E-state index in [-0.39, 0.29) is 24.8 Å². The normalized spacial score (nSPS) is 9.52. The number of pyridine rings is 1. The number of methoxy groups -OCH3 is 1. The first kappa shape index (κ1) is 21.8. The van der Waals surface area contributed by atoms with Gasteiger partial charge in [0.25, 0.3) is 0 Å². The number of halogens is 3. The van der Waals surface area contributed by atoms with Gasteiger partial charge in [0.2, 0.25) is 0 Å². The van der Waals surface area contributed by atoms with Crippen LogP contribution >= 0.6 is 36.4 Å². The second-order valence-corrected chi connectivity index (χ2v) is 4.93. The van der Waals surface area contributed by atoms with Crippen molar-refractivity contribution in [2.24, 2.45) is 0 Å². The standard InChI is InChI=1S/C16H19ClN2O2.2ClH/c1-3-21-16-13(7-14(17)8-15(16)20-2)11-19-10-12-5-4-6-18-9-12;;/h4-9,19H,3,10-11H2,1-2H3;2*1H. The number of rotatable bonds is 7. The Balaban J connectivity index is 0.00000242. The van der Waals surface area contributed by atoms with Crippen LogP contribution in [0.5, 0.6) is 11.5 Å². The lowest BCUT2D eigenvalue weighted by Gasteiger charge is -2.15. The van der Waals surface area contributed by atoms with E-state index in [9.17, 15) is 0 Å². The molecule has 0 atom stereocenters. The van der Waals surface area contributed by atoms with Crippen LogP contribution < -0.4 is 14.8 Å². The van der Waals surface area contributed by atoms with Crippen LogP contribution in [0, 0.1) is 0 Å². The molecule has 128 valence electrons. The fourth-order valence-electron chi connectivity index (χ4n) is 2.06.